The molecule has 3 atom stereocenters. The van der Waals surface area contributed by atoms with Gasteiger partial charge in [0.05, 0.1) is 0 Å². The van der Waals surface area contributed by atoms with Gasteiger partial charge in [0.2, 0.25) is 5.91 Å². The van der Waals surface area contributed by atoms with Gasteiger partial charge in [0, 0.05) is 5.92 Å². The highest BCUT2D eigenvalue weighted by Crippen LogP contribution is 2.49. The summed E-state index contributed by atoms with van der Waals surface area (Å²) in [7, 11) is 0. The summed E-state index contributed by atoms with van der Waals surface area (Å²) in [4.78, 5) is 24.4. The van der Waals surface area contributed by atoms with Gasteiger partial charge in [-0.15, -0.1) is 0 Å². The van der Waals surface area contributed by atoms with Crippen molar-refractivity contribution in [1.29, 1.82) is 0 Å². The number of rotatable bonds is 5. The lowest BCUT2D eigenvalue weighted by Crippen LogP contribution is -2.50. The van der Waals surface area contributed by atoms with E-state index in [4.69, 9.17) is 0 Å². The summed E-state index contributed by atoms with van der Waals surface area (Å²) in [5.74, 6) is -2.04. The molecule has 1 amide bonds. The first kappa shape index (κ1) is 17.1. The maximum Gasteiger partial charge on any atom is 0.333 e. The quantitative estimate of drug-likeness (QED) is 0.876. The molecule has 0 aromatic heterocycles. The van der Waals surface area contributed by atoms with E-state index < -0.39 is 17.3 Å². The van der Waals surface area contributed by atoms with E-state index in [0.717, 1.165) is 11.1 Å². The van der Waals surface area contributed by atoms with E-state index in [1.54, 1.807) is 0 Å². The lowest BCUT2D eigenvalue weighted by Gasteiger charge is -2.27. The molecule has 5 heteroatoms. The third-order valence-corrected chi connectivity index (χ3v) is 4.94. The van der Waals surface area contributed by atoms with Crippen LogP contribution in [-0.4, -0.2) is 17.0 Å². The highest BCUT2D eigenvalue weighted by Gasteiger charge is 2.47. The van der Waals surface area contributed by atoms with Crippen molar-refractivity contribution in [1.82, 2.24) is 5.32 Å². The zero-order chi connectivity index (χ0) is 18.2. The summed E-state index contributed by atoms with van der Waals surface area (Å²) in [6.07, 6.45) is 0.704. The van der Waals surface area contributed by atoms with Crippen LogP contribution in [0, 0.1) is 18.7 Å². The summed E-state index contributed by atoms with van der Waals surface area (Å²) >= 11 is 0. The van der Waals surface area contributed by atoms with E-state index in [1.165, 1.54) is 31.2 Å². The van der Waals surface area contributed by atoms with E-state index in [9.17, 15) is 19.1 Å². The van der Waals surface area contributed by atoms with Gasteiger partial charge in [-0.05, 0) is 55.0 Å². The van der Waals surface area contributed by atoms with Gasteiger partial charge in [-0.1, -0.05) is 36.4 Å². The fourth-order valence-electron chi connectivity index (χ4n) is 3.20. The van der Waals surface area contributed by atoms with Crippen LogP contribution < -0.4 is 5.32 Å². The Labute approximate surface area is 145 Å². The second kappa shape index (κ2) is 6.31. The molecule has 2 aromatic carbocycles. The predicted molar refractivity (Wildman–Crippen MR) is 91.6 cm³/mol. The number of hydrogen-bond acceptors (Lipinski definition) is 2. The largest absolute Gasteiger partial charge is 0.479 e. The van der Waals surface area contributed by atoms with Crippen molar-refractivity contribution in [3.8, 4) is 0 Å². The minimum atomic E-state index is -1.59. The van der Waals surface area contributed by atoms with E-state index in [-0.39, 0.29) is 17.7 Å². The Morgan fingerprint density at radius 1 is 1.16 bits per heavy atom. The minimum Gasteiger partial charge on any atom is -0.479 e. The monoisotopic (exact) mass is 341 g/mol. The summed E-state index contributed by atoms with van der Waals surface area (Å²) in [6, 6.07) is 13.0. The molecule has 0 spiro atoms. The lowest BCUT2D eigenvalue weighted by molar-refractivity contribution is -0.147. The van der Waals surface area contributed by atoms with Gasteiger partial charge in [0.25, 0.3) is 0 Å². The molecule has 2 N–H and O–H groups in total. The van der Waals surface area contributed by atoms with Crippen LogP contribution in [-0.2, 0) is 15.1 Å². The molecule has 25 heavy (non-hydrogen) atoms. The normalized spacial score (nSPS) is 21.2. The molecule has 1 fully saturated rings. The molecule has 3 rings (SSSR count). The van der Waals surface area contributed by atoms with Crippen LogP contribution in [0.2, 0.25) is 0 Å². The number of hydrogen-bond donors (Lipinski definition) is 2. The maximum absolute atomic E-state index is 13.1. The number of aliphatic carboxylic acids is 1. The highest BCUT2D eigenvalue weighted by atomic mass is 19.1. The van der Waals surface area contributed by atoms with Crippen LogP contribution in [0.5, 0.6) is 0 Å². The molecule has 0 saturated heterocycles. The van der Waals surface area contributed by atoms with Crippen LogP contribution in [0.15, 0.2) is 48.5 Å². The zero-order valence-corrected chi connectivity index (χ0v) is 14.1. The van der Waals surface area contributed by atoms with Crippen molar-refractivity contribution in [2.24, 2.45) is 5.92 Å². The van der Waals surface area contributed by atoms with Gasteiger partial charge in [-0.25, -0.2) is 9.18 Å². The molecule has 3 unspecified atom stereocenters. The SMILES string of the molecule is Cc1ccccc1C1CC1C(=O)NC(C)(C(=O)O)c1ccc(F)cc1. The van der Waals surface area contributed by atoms with Gasteiger partial charge < -0.3 is 10.4 Å². The molecule has 0 radical (unpaired) electrons. The minimum absolute atomic E-state index is 0.118. The van der Waals surface area contributed by atoms with Gasteiger partial charge in [-0.2, -0.15) is 0 Å². The molecule has 1 saturated carbocycles. The van der Waals surface area contributed by atoms with Crippen LogP contribution >= 0.6 is 0 Å². The number of carbonyl (C=O) groups excluding carboxylic acids is 1. The topological polar surface area (TPSA) is 66.4 Å². The van der Waals surface area contributed by atoms with Gasteiger partial charge >= 0.3 is 5.97 Å². The Hall–Kier alpha value is -2.69. The summed E-state index contributed by atoms with van der Waals surface area (Å²) in [5, 5.41) is 12.3. The molecule has 0 aliphatic heterocycles. The second-order valence-corrected chi connectivity index (χ2v) is 6.73. The Kier molecular flexibility index (Phi) is 4.33. The number of carboxylic acids is 1. The number of nitrogens with one attached hydrogen (secondary N) is 1. The number of halogens is 1. The van der Waals surface area contributed by atoms with Crippen molar-refractivity contribution in [3.63, 3.8) is 0 Å². The smallest absolute Gasteiger partial charge is 0.333 e. The van der Waals surface area contributed by atoms with Gasteiger partial charge in [-0.3, -0.25) is 4.79 Å². The number of carboxylic acid groups (broad SMARTS) is 1. The third kappa shape index (κ3) is 3.27. The highest BCUT2D eigenvalue weighted by molar-refractivity contribution is 5.90. The average Bonchev–Trinajstić information content (AvgIpc) is 3.36. The Balaban J connectivity index is 1.78. The second-order valence-electron chi connectivity index (χ2n) is 6.73. The van der Waals surface area contributed by atoms with Crippen molar-refractivity contribution in [2.45, 2.75) is 31.7 Å². The fourth-order valence-corrected chi connectivity index (χ4v) is 3.20. The van der Waals surface area contributed by atoms with E-state index in [2.05, 4.69) is 5.32 Å². The van der Waals surface area contributed by atoms with E-state index >= 15 is 0 Å². The number of carbonyl (C=O) groups is 2. The van der Waals surface area contributed by atoms with Crippen molar-refractivity contribution in [3.05, 3.63) is 71.0 Å². The number of benzene rings is 2. The van der Waals surface area contributed by atoms with Crippen LogP contribution in [0.3, 0.4) is 0 Å². The van der Waals surface area contributed by atoms with Crippen molar-refractivity contribution < 1.29 is 19.1 Å². The van der Waals surface area contributed by atoms with Crippen molar-refractivity contribution >= 4 is 11.9 Å². The summed E-state index contributed by atoms with van der Waals surface area (Å²) in [5.41, 5.74) is 0.996. The predicted octanol–water partition coefficient (Wildman–Crippen LogP) is 3.35. The fraction of sp³-hybridized carbons (Fsp3) is 0.300. The Morgan fingerprint density at radius 3 is 2.40 bits per heavy atom. The van der Waals surface area contributed by atoms with Crippen LogP contribution in [0.4, 0.5) is 4.39 Å². The first-order valence-electron chi connectivity index (χ1n) is 8.20. The Bertz CT molecular complexity index is 818. The van der Waals surface area contributed by atoms with E-state index in [0.29, 0.717) is 12.0 Å². The first-order chi connectivity index (χ1) is 11.8. The molecule has 2 aromatic rings. The Morgan fingerprint density at radius 2 is 1.80 bits per heavy atom. The van der Waals surface area contributed by atoms with Crippen LogP contribution in [0.1, 0.15) is 36.0 Å². The molecule has 0 heterocycles. The summed E-state index contributed by atoms with van der Waals surface area (Å²) in [6.45, 7) is 3.42. The first-order valence-corrected chi connectivity index (χ1v) is 8.20. The lowest BCUT2D eigenvalue weighted by atomic mass is 9.91. The molecule has 4 nitrogen and oxygen atoms in total. The van der Waals surface area contributed by atoms with Gasteiger partial charge in [0.1, 0.15) is 5.82 Å². The molecular weight excluding hydrogens is 321 g/mol. The van der Waals surface area contributed by atoms with Gasteiger partial charge in [0.15, 0.2) is 5.54 Å². The third-order valence-electron chi connectivity index (χ3n) is 4.94. The molecule has 1 aliphatic carbocycles. The van der Waals surface area contributed by atoms with E-state index in [1.807, 2.05) is 31.2 Å². The maximum atomic E-state index is 13.1. The van der Waals surface area contributed by atoms with Crippen molar-refractivity contribution in [2.75, 3.05) is 0 Å². The zero-order valence-electron chi connectivity index (χ0n) is 14.1. The van der Waals surface area contributed by atoms with Crippen LogP contribution in [0.25, 0.3) is 0 Å². The summed E-state index contributed by atoms with van der Waals surface area (Å²) < 4.78 is 13.1. The average molecular weight is 341 g/mol. The standard InChI is InChI=1S/C20H20FNO3/c1-12-5-3-4-6-15(12)16-11-17(16)18(23)22-20(2,19(24)25)13-7-9-14(21)10-8-13/h3-10,16-17H,11H2,1-2H3,(H,22,23)(H,24,25). The molecule has 130 valence electrons. The number of aryl methyl sites for hydroxylation is 1. The molecule has 0 bridgehead atoms. The molecular formula is C20H20FNO3. The molecule has 1 aliphatic rings. The number of amides is 1.